The molecule has 23 heavy (non-hydrogen) atoms. The number of aliphatic carboxylic acids is 1. The highest BCUT2D eigenvalue weighted by atomic mass is 16.5. The number of carbonyl (C=O) groups is 1. The molecule has 0 saturated heterocycles. The van der Waals surface area contributed by atoms with Crippen LogP contribution in [0.1, 0.15) is 37.5 Å². The lowest BCUT2D eigenvalue weighted by molar-refractivity contribution is -0.152. The molecule has 1 unspecified atom stereocenters. The summed E-state index contributed by atoms with van der Waals surface area (Å²) in [4.78, 5) is 11.1. The first-order chi connectivity index (χ1) is 11.0. The van der Waals surface area contributed by atoms with Gasteiger partial charge in [-0.05, 0) is 62.1 Å². The van der Waals surface area contributed by atoms with Gasteiger partial charge in [0.05, 0.1) is 0 Å². The number of carboxylic acid groups (broad SMARTS) is 1. The minimum absolute atomic E-state index is 0.0772. The van der Waals surface area contributed by atoms with Crippen molar-refractivity contribution in [3.05, 3.63) is 59.7 Å². The summed E-state index contributed by atoms with van der Waals surface area (Å²) < 4.78 is 11.6. The van der Waals surface area contributed by atoms with Gasteiger partial charge in [-0.3, -0.25) is 0 Å². The van der Waals surface area contributed by atoms with Crippen molar-refractivity contribution in [2.45, 2.75) is 38.4 Å². The number of benzene rings is 2. The van der Waals surface area contributed by atoms with E-state index in [0.717, 1.165) is 18.6 Å². The number of rotatable bonds is 5. The topological polar surface area (TPSA) is 55.8 Å². The molecule has 0 heterocycles. The van der Waals surface area contributed by atoms with Gasteiger partial charge < -0.3 is 14.6 Å². The van der Waals surface area contributed by atoms with Gasteiger partial charge in [0.15, 0.2) is 5.60 Å². The lowest BCUT2D eigenvalue weighted by atomic mass is 10.1. The van der Waals surface area contributed by atoms with Gasteiger partial charge in [-0.1, -0.05) is 24.3 Å². The molecule has 1 aliphatic rings. The van der Waals surface area contributed by atoms with Crippen LogP contribution in [-0.4, -0.2) is 16.7 Å². The van der Waals surface area contributed by atoms with E-state index in [0.29, 0.717) is 5.75 Å². The van der Waals surface area contributed by atoms with Crippen LogP contribution in [0.2, 0.25) is 0 Å². The number of hydrogen-bond acceptors (Lipinski definition) is 3. The number of carboxylic acids is 1. The molecule has 0 saturated carbocycles. The molecular formula is C19H20O4. The van der Waals surface area contributed by atoms with Crippen LogP contribution >= 0.6 is 0 Å². The smallest absolute Gasteiger partial charge is 0.347 e. The van der Waals surface area contributed by atoms with E-state index in [4.69, 9.17) is 14.6 Å². The van der Waals surface area contributed by atoms with Crippen LogP contribution in [0.25, 0.3) is 0 Å². The lowest BCUT2D eigenvalue weighted by Gasteiger charge is -2.22. The molecule has 4 nitrogen and oxygen atoms in total. The van der Waals surface area contributed by atoms with E-state index in [2.05, 4.69) is 18.2 Å². The monoisotopic (exact) mass is 312 g/mol. The summed E-state index contributed by atoms with van der Waals surface area (Å²) in [6, 6.07) is 15.4. The Morgan fingerprint density at radius 2 is 1.74 bits per heavy atom. The molecule has 1 aliphatic carbocycles. The summed E-state index contributed by atoms with van der Waals surface area (Å²) >= 11 is 0. The molecule has 2 aromatic rings. The Labute approximate surface area is 135 Å². The first kappa shape index (κ1) is 15.4. The fraction of sp³-hybridized carbons (Fsp3) is 0.316. The normalized spacial score (nSPS) is 16.7. The fourth-order valence-corrected chi connectivity index (χ4v) is 2.73. The molecule has 2 aromatic carbocycles. The summed E-state index contributed by atoms with van der Waals surface area (Å²) in [5.74, 6) is 0.268. The zero-order valence-electron chi connectivity index (χ0n) is 13.3. The summed E-state index contributed by atoms with van der Waals surface area (Å²) in [6.07, 6.45) is 2.09. The molecule has 120 valence electrons. The van der Waals surface area contributed by atoms with Gasteiger partial charge >= 0.3 is 5.97 Å². The van der Waals surface area contributed by atoms with Crippen molar-refractivity contribution in [3.8, 4) is 11.5 Å². The second-order valence-corrected chi connectivity index (χ2v) is 6.23. The molecule has 0 aromatic heterocycles. The molecule has 1 N–H and O–H groups in total. The number of fused-ring (bicyclic) bond motifs is 1. The van der Waals surface area contributed by atoms with Crippen LogP contribution in [0.3, 0.4) is 0 Å². The molecule has 0 aliphatic heterocycles. The van der Waals surface area contributed by atoms with Gasteiger partial charge in [-0.15, -0.1) is 0 Å². The standard InChI is InChI=1S/C19H20O4/c1-19(2,18(20)21)23-15-10-8-14(9-11-15)22-17-12-7-13-5-3-4-6-16(13)17/h3-6,8-11,17H,7,12H2,1-2H3,(H,20,21). The van der Waals surface area contributed by atoms with Crippen LogP contribution < -0.4 is 9.47 Å². The molecule has 0 bridgehead atoms. The van der Waals surface area contributed by atoms with Crippen LogP contribution in [0.4, 0.5) is 0 Å². The Hall–Kier alpha value is -2.49. The lowest BCUT2D eigenvalue weighted by Crippen LogP contribution is -2.37. The third kappa shape index (κ3) is 3.31. The maximum Gasteiger partial charge on any atom is 0.347 e. The molecule has 1 atom stereocenters. The number of aryl methyl sites for hydroxylation is 1. The second kappa shape index (κ2) is 5.95. The van der Waals surface area contributed by atoms with Crippen molar-refractivity contribution in [1.82, 2.24) is 0 Å². The molecule has 4 heteroatoms. The third-order valence-corrected chi connectivity index (χ3v) is 4.07. The van der Waals surface area contributed by atoms with Crippen LogP contribution in [0, 0.1) is 0 Å². The van der Waals surface area contributed by atoms with E-state index < -0.39 is 11.6 Å². The third-order valence-electron chi connectivity index (χ3n) is 4.07. The van der Waals surface area contributed by atoms with E-state index in [9.17, 15) is 4.79 Å². The minimum Gasteiger partial charge on any atom is -0.486 e. The number of ether oxygens (including phenoxy) is 2. The van der Waals surface area contributed by atoms with Gasteiger partial charge in [0.2, 0.25) is 0 Å². The van der Waals surface area contributed by atoms with E-state index in [-0.39, 0.29) is 6.10 Å². The average Bonchev–Trinajstić information content (AvgIpc) is 2.92. The Morgan fingerprint density at radius 3 is 2.43 bits per heavy atom. The highest BCUT2D eigenvalue weighted by molar-refractivity contribution is 5.76. The number of hydrogen-bond donors (Lipinski definition) is 1. The SMILES string of the molecule is CC(C)(Oc1ccc(OC2CCc3ccccc32)cc1)C(=O)O. The maximum absolute atomic E-state index is 11.1. The largest absolute Gasteiger partial charge is 0.486 e. The predicted molar refractivity (Wildman–Crippen MR) is 86.9 cm³/mol. The minimum atomic E-state index is -1.26. The van der Waals surface area contributed by atoms with E-state index in [1.54, 1.807) is 12.1 Å². The highest BCUT2D eigenvalue weighted by Gasteiger charge is 2.29. The zero-order chi connectivity index (χ0) is 16.4. The van der Waals surface area contributed by atoms with Crippen molar-refractivity contribution >= 4 is 5.97 Å². The quantitative estimate of drug-likeness (QED) is 0.907. The first-order valence-electron chi connectivity index (χ1n) is 7.72. The molecule has 0 spiro atoms. The fourth-order valence-electron chi connectivity index (χ4n) is 2.73. The highest BCUT2D eigenvalue weighted by Crippen LogP contribution is 2.35. The van der Waals surface area contributed by atoms with Crippen LogP contribution in [0.15, 0.2) is 48.5 Å². The second-order valence-electron chi connectivity index (χ2n) is 6.23. The van der Waals surface area contributed by atoms with Crippen molar-refractivity contribution in [2.24, 2.45) is 0 Å². The van der Waals surface area contributed by atoms with Crippen molar-refractivity contribution in [3.63, 3.8) is 0 Å². The van der Waals surface area contributed by atoms with Crippen molar-refractivity contribution in [2.75, 3.05) is 0 Å². The van der Waals surface area contributed by atoms with Gasteiger partial charge in [0, 0.05) is 0 Å². The van der Waals surface area contributed by atoms with Gasteiger partial charge in [0.25, 0.3) is 0 Å². The van der Waals surface area contributed by atoms with E-state index in [1.807, 2.05) is 18.2 Å². The first-order valence-corrected chi connectivity index (χ1v) is 7.72. The van der Waals surface area contributed by atoms with Crippen molar-refractivity contribution < 1.29 is 19.4 Å². The molecular weight excluding hydrogens is 292 g/mol. The summed E-state index contributed by atoms with van der Waals surface area (Å²) in [5.41, 5.74) is 1.34. The Balaban J connectivity index is 1.68. The van der Waals surface area contributed by atoms with E-state index in [1.165, 1.54) is 25.0 Å². The summed E-state index contributed by atoms with van der Waals surface area (Å²) in [7, 11) is 0. The van der Waals surface area contributed by atoms with Crippen LogP contribution in [0.5, 0.6) is 11.5 Å². The van der Waals surface area contributed by atoms with E-state index >= 15 is 0 Å². The molecule has 0 fully saturated rings. The molecule has 0 amide bonds. The van der Waals surface area contributed by atoms with Crippen LogP contribution in [-0.2, 0) is 11.2 Å². The average molecular weight is 312 g/mol. The maximum atomic E-state index is 11.1. The molecule has 0 radical (unpaired) electrons. The van der Waals surface area contributed by atoms with Crippen molar-refractivity contribution in [1.29, 1.82) is 0 Å². The Kier molecular flexibility index (Phi) is 3.99. The summed E-state index contributed by atoms with van der Waals surface area (Å²) in [5, 5.41) is 9.09. The Bertz CT molecular complexity index is 704. The summed E-state index contributed by atoms with van der Waals surface area (Å²) in [6.45, 7) is 3.05. The van der Waals surface area contributed by atoms with Gasteiger partial charge in [-0.25, -0.2) is 4.79 Å². The van der Waals surface area contributed by atoms with Gasteiger partial charge in [-0.2, -0.15) is 0 Å². The zero-order valence-corrected chi connectivity index (χ0v) is 13.3. The predicted octanol–water partition coefficient (Wildman–Crippen LogP) is 3.99. The van der Waals surface area contributed by atoms with Gasteiger partial charge in [0.1, 0.15) is 17.6 Å². The molecule has 3 rings (SSSR count). The Morgan fingerprint density at radius 1 is 1.09 bits per heavy atom.